The van der Waals surface area contributed by atoms with Crippen LogP contribution in [0.25, 0.3) is 11.8 Å². The standard InChI is InChI=1S/C21H22N6O3S/c28-21(22-17-8-4-5-9-17)20-23-26-27(24-20)19-12-10-18(11-13-19)25-31(29,30)15-14-16-6-2-1-3-7-16/h1-3,6-7,10-15,17,25H,4-5,8-9H2,(H,22,28)/b15-14+. The zero-order valence-electron chi connectivity index (χ0n) is 16.7. The quantitative estimate of drug-likeness (QED) is 0.585. The average Bonchev–Trinajstić information content (AvgIpc) is 3.46. The minimum Gasteiger partial charge on any atom is -0.346 e. The number of rotatable bonds is 7. The number of tetrazole rings is 1. The highest BCUT2D eigenvalue weighted by molar-refractivity contribution is 7.95. The molecule has 1 saturated carbocycles. The van der Waals surface area contributed by atoms with Gasteiger partial charge in [-0.2, -0.15) is 0 Å². The Labute approximate surface area is 180 Å². The van der Waals surface area contributed by atoms with E-state index in [0.717, 1.165) is 36.7 Å². The van der Waals surface area contributed by atoms with Gasteiger partial charge < -0.3 is 5.32 Å². The van der Waals surface area contributed by atoms with Gasteiger partial charge in [-0.25, -0.2) is 8.42 Å². The molecule has 31 heavy (non-hydrogen) atoms. The summed E-state index contributed by atoms with van der Waals surface area (Å²) >= 11 is 0. The molecule has 0 spiro atoms. The molecule has 0 saturated heterocycles. The van der Waals surface area contributed by atoms with E-state index in [-0.39, 0.29) is 17.8 Å². The summed E-state index contributed by atoms with van der Waals surface area (Å²) in [5.74, 6) is -0.338. The maximum atomic E-state index is 12.3. The Hall–Kier alpha value is -3.53. The van der Waals surface area contributed by atoms with E-state index in [1.165, 1.54) is 10.9 Å². The van der Waals surface area contributed by atoms with E-state index in [0.29, 0.717) is 11.4 Å². The van der Waals surface area contributed by atoms with Crippen LogP contribution in [-0.2, 0) is 10.0 Å². The number of hydrogen-bond acceptors (Lipinski definition) is 6. The molecule has 2 aromatic carbocycles. The lowest BCUT2D eigenvalue weighted by Crippen LogP contribution is -2.33. The summed E-state index contributed by atoms with van der Waals surface area (Å²) in [5.41, 5.74) is 1.73. The summed E-state index contributed by atoms with van der Waals surface area (Å²) in [6.45, 7) is 0. The van der Waals surface area contributed by atoms with Crippen LogP contribution in [0.2, 0.25) is 0 Å². The third-order valence-electron chi connectivity index (χ3n) is 4.90. The van der Waals surface area contributed by atoms with E-state index >= 15 is 0 Å². The highest BCUT2D eigenvalue weighted by atomic mass is 32.2. The first-order valence-corrected chi connectivity index (χ1v) is 11.5. The molecule has 4 rings (SSSR count). The fraction of sp³-hybridized carbons (Fsp3) is 0.238. The highest BCUT2D eigenvalue weighted by Gasteiger charge is 2.21. The number of aromatic nitrogens is 4. The first-order valence-electron chi connectivity index (χ1n) is 9.96. The van der Waals surface area contributed by atoms with E-state index in [9.17, 15) is 13.2 Å². The van der Waals surface area contributed by atoms with Crippen molar-refractivity contribution in [2.24, 2.45) is 0 Å². The number of carbonyl (C=O) groups excluding carboxylic acids is 1. The van der Waals surface area contributed by atoms with E-state index in [4.69, 9.17) is 0 Å². The molecule has 2 N–H and O–H groups in total. The van der Waals surface area contributed by atoms with E-state index in [1.54, 1.807) is 24.3 Å². The maximum Gasteiger partial charge on any atom is 0.293 e. The Kier molecular flexibility index (Phi) is 6.08. The van der Waals surface area contributed by atoms with Gasteiger partial charge in [-0.05, 0) is 54.0 Å². The maximum absolute atomic E-state index is 12.3. The van der Waals surface area contributed by atoms with Crippen LogP contribution in [0.15, 0.2) is 60.0 Å². The molecule has 1 aromatic heterocycles. The summed E-state index contributed by atoms with van der Waals surface area (Å²) in [4.78, 5) is 13.5. The Morgan fingerprint density at radius 3 is 2.45 bits per heavy atom. The molecule has 0 bridgehead atoms. The van der Waals surface area contributed by atoms with Gasteiger partial charge in [0, 0.05) is 11.7 Å². The second-order valence-electron chi connectivity index (χ2n) is 7.26. The molecule has 0 aliphatic heterocycles. The molecule has 9 nitrogen and oxygen atoms in total. The minimum atomic E-state index is -3.66. The Morgan fingerprint density at radius 1 is 1.03 bits per heavy atom. The predicted molar refractivity (Wildman–Crippen MR) is 117 cm³/mol. The van der Waals surface area contributed by atoms with E-state index in [1.807, 2.05) is 30.3 Å². The summed E-state index contributed by atoms with van der Waals surface area (Å²) in [7, 11) is -3.66. The van der Waals surface area contributed by atoms with Gasteiger partial charge in [-0.3, -0.25) is 9.52 Å². The van der Waals surface area contributed by atoms with Crippen molar-refractivity contribution in [1.82, 2.24) is 25.5 Å². The second-order valence-corrected chi connectivity index (χ2v) is 8.83. The number of sulfonamides is 1. The van der Waals surface area contributed by atoms with Crippen molar-refractivity contribution >= 4 is 27.7 Å². The third-order valence-corrected chi connectivity index (χ3v) is 5.92. The van der Waals surface area contributed by atoms with Gasteiger partial charge in [-0.1, -0.05) is 43.2 Å². The average molecular weight is 439 g/mol. The lowest BCUT2D eigenvalue weighted by Gasteiger charge is -2.08. The van der Waals surface area contributed by atoms with Gasteiger partial charge in [0.1, 0.15) is 0 Å². The summed E-state index contributed by atoms with van der Waals surface area (Å²) in [5, 5.41) is 15.9. The predicted octanol–water partition coefficient (Wildman–Crippen LogP) is 2.75. The number of nitrogens with zero attached hydrogens (tertiary/aromatic N) is 4. The highest BCUT2D eigenvalue weighted by Crippen LogP contribution is 2.18. The molecule has 1 amide bonds. The normalized spacial score (nSPS) is 14.7. The second kappa shape index (κ2) is 9.09. The number of anilines is 1. The summed E-state index contributed by atoms with van der Waals surface area (Å²) < 4.78 is 27.0. The SMILES string of the molecule is O=C(NC1CCCC1)c1nnn(-c2ccc(NS(=O)(=O)/C=C/c3ccccc3)cc2)n1. The van der Waals surface area contributed by atoms with Crippen molar-refractivity contribution in [2.45, 2.75) is 31.7 Å². The zero-order chi connectivity index (χ0) is 21.7. The number of hydrogen-bond donors (Lipinski definition) is 2. The van der Waals surface area contributed by atoms with Crippen LogP contribution >= 0.6 is 0 Å². The van der Waals surface area contributed by atoms with Crippen LogP contribution in [0.5, 0.6) is 0 Å². The van der Waals surface area contributed by atoms with Crippen molar-refractivity contribution in [3.05, 3.63) is 71.4 Å². The number of amides is 1. The molecule has 1 heterocycles. The minimum absolute atomic E-state index is 0.00253. The first kappa shape index (κ1) is 20.7. The Balaban J connectivity index is 1.39. The molecule has 1 aliphatic rings. The topological polar surface area (TPSA) is 119 Å². The van der Waals surface area contributed by atoms with Crippen LogP contribution in [-0.4, -0.2) is 40.6 Å². The fourth-order valence-corrected chi connectivity index (χ4v) is 4.20. The monoisotopic (exact) mass is 438 g/mol. The molecule has 1 aliphatic carbocycles. The van der Waals surface area contributed by atoms with Crippen molar-refractivity contribution in [1.29, 1.82) is 0 Å². The summed E-state index contributed by atoms with van der Waals surface area (Å²) in [6.07, 6.45) is 5.69. The van der Waals surface area contributed by atoms with Gasteiger partial charge in [-0.15, -0.1) is 15.0 Å². The fourth-order valence-electron chi connectivity index (χ4n) is 3.33. The lowest BCUT2D eigenvalue weighted by atomic mass is 10.2. The van der Waals surface area contributed by atoms with Crippen LogP contribution in [0.1, 0.15) is 41.9 Å². The smallest absolute Gasteiger partial charge is 0.293 e. The van der Waals surface area contributed by atoms with E-state index in [2.05, 4.69) is 25.4 Å². The number of benzene rings is 2. The van der Waals surface area contributed by atoms with Gasteiger partial charge in [0.2, 0.25) is 0 Å². The molecule has 0 atom stereocenters. The number of carbonyl (C=O) groups is 1. The summed E-state index contributed by atoms with van der Waals surface area (Å²) in [6, 6.07) is 15.8. The van der Waals surface area contributed by atoms with Gasteiger partial charge in [0.15, 0.2) is 0 Å². The van der Waals surface area contributed by atoms with Crippen molar-refractivity contribution in [3.8, 4) is 5.69 Å². The molecular formula is C21H22N6O3S. The molecule has 160 valence electrons. The zero-order valence-corrected chi connectivity index (χ0v) is 17.5. The van der Waals surface area contributed by atoms with Crippen molar-refractivity contribution < 1.29 is 13.2 Å². The first-order chi connectivity index (χ1) is 15.0. The van der Waals surface area contributed by atoms with Gasteiger partial charge in [0.05, 0.1) is 11.1 Å². The van der Waals surface area contributed by atoms with Gasteiger partial charge >= 0.3 is 0 Å². The van der Waals surface area contributed by atoms with Crippen LogP contribution in [0.3, 0.4) is 0 Å². The van der Waals surface area contributed by atoms with Crippen molar-refractivity contribution in [2.75, 3.05) is 4.72 Å². The lowest BCUT2D eigenvalue weighted by molar-refractivity contribution is 0.0927. The largest absolute Gasteiger partial charge is 0.346 e. The Bertz CT molecular complexity index is 1170. The Morgan fingerprint density at radius 2 is 1.74 bits per heavy atom. The van der Waals surface area contributed by atoms with E-state index < -0.39 is 10.0 Å². The molecule has 0 unspecified atom stereocenters. The molecule has 1 fully saturated rings. The van der Waals surface area contributed by atoms with Gasteiger partial charge in [0.25, 0.3) is 21.8 Å². The number of nitrogens with one attached hydrogen (secondary N) is 2. The molecule has 3 aromatic rings. The molecular weight excluding hydrogens is 416 g/mol. The van der Waals surface area contributed by atoms with Crippen LogP contribution in [0, 0.1) is 0 Å². The molecule has 0 radical (unpaired) electrons. The third kappa shape index (κ3) is 5.54. The van der Waals surface area contributed by atoms with Crippen LogP contribution < -0.4 is 10.0 Å². The van der Waals surface area contributed by atoms with Crippen LogP contribution in [0.4, 0.5) is 5.69 Å². The van der Waals surface area contributed by atoms with Crippen molar-refractivity contribution in [3.63, 3.8) is 0 Å². The molecule has 10 heteroatoms.